The maximum atomic E-state index is 10.3. The van der Waals surface area contributed by atoms with Gasteiger partial charge in [0.15, 0.2) is 0 Å². The molecule has 0 saturated heterocycles. The lowest BCUT2D eigenvalue weighted by Gasteiger charge is -2.21. The van der Waals surface area contributed by atoms with Crippen molar-refractivity contribution in [1.29, 1.82) is 0 Å². The molecule has 0 aliphatic heterocycles. The van der Waals surface area contributed by atoms with Gasteiger partial charge < -0.3 is 9.59 Å². The molecular weight excluding hydrogens is 142 g/mol. The highest BCUT2D eigenvalue weighted by atomic mass is 16.4. The van der Waals surface area contributed by atoms with Crippen LogP contribution >= 0.6 is 0 Å². The maximum absolute atomic E-state index is 10.3. The third kappa shape index (κ3) is 5.61. The molecule has 0 aliphatic carbocycles. The molecule has 0 heterocycles. The first-order chi connectivity index (χ1) is 4.83. The number of nitrogens with zero attached hydrogens (tertiary/aromatic N) is 1. The molecule has 0 unspecified atom stereocenters. The molecule has 0 bridgehead atoms. The maximum Gasteiger partial charge on any atom is 0.331 e. The van der Waals surface area contributed by atoms with Crippen molar-refractivity contribution in [1.82, 2.24) is 0 Å². The van der Waals surface area contributed by atoms with Crippen LogP contribution in [0.2, 0.25) is 0 Å². The second-order valence-electron chi connectivity index (χ2n) is 3.67. The predicted molar refractivity (Wildman–Crippen MR) is 44.3 cm³/mol. The summed E-state index contributed by atoms with van der Waals surface area (Å²) in [6.07, 6.45) is 1.74. The number of quaternary nitrogens is 1. The number of likely N-dealkylation sites (N-methyl/N-ethyl adjacent to an activating group) is 1. The molecule has 0 spiro atoms. The van der Waals surface area contributed by atoms with E-state index in [1.54, 1.807) is 13.0 Å². The second kappa shape index (κ2) is 3.53. The number of aliphatic carboxylic acids is 1. The zero-order valence-corrected chi connectivity index (χ0v) is 7.59. The summed E-state index contributed by atoms with van der Waals surface area (Å²) in [5.41, 5.74) is 0.415. The zero-order valence-electron chi connectivity index (χ0n) is 7.59. The number of carboxylic acid groups (broad SMARTS) is 1. The normalized spacial score (nSPS) is 13.3. The van der Waals surface area contributed by atoms with E-state index in [9.17, 15) is 4.79 Å². The Morgan fingerprint density at radius 3 is 2.18 bits per heavy atom. The molecule has 0 aromatic heterocycles. The van der Waals surface area contributed by atoms with Crippen molar-refractivity contribution in [2.45, 2.75) is 6.92 Å². The molecule has 0 amide bonds. The van der Waals surface area contributed by atoms with Gasteiger partial charge in [-0.05, 0) is 13.0 Å². The van der Waals surface area contributed by atoms with Crippen LogP contribution in [0, 0.1) is 0 Å². The van der Waals surface area contributed by atoms with Crippen LogP contribution in [0.3, 0.4) is 0 Å². The van der Waals surface area contributed by atoms with E-state index in [-0.39, 0.29) is 0 Å². The van der Waals surface area contributed by atoms with Crippen molar-refractivity contribution in [2.75, 3.05) is 27.7 Å². The van der Waals surface area contributed by atoms with Crippen molar-refractivity contribution < 1.29 is 14.4 Å². The lowest BCUT2D eigenvalue weighted by Crippen LogP contribution is -2.34. The summed E-state index contributed by atoms with van der Waals surface area (Å²) >= 11 is 0. The molecule has 0 aromatic carbocycles. The second-order valence-corrected chi connectivity index (χ2v) is 3.67. The number of hydrogen-bond acceptors (Lipinski definition) is 1. The SMILES string of the molecule is CC(=CC[N+](C)(C)C)C(=O)O. The average Bonchev–Trinajstić information content (AvgIpc) is 1.80. The van der Waals surface area contributed by atoms with Crippen molar-refractivity contribution in [3.05, 3.63) is 11.6 Å². The Morgan fingerprint density at radius 1 is 1.45 bits per heavy atom. The lowest BCUT2D eigenvalue weighted by molar-refractivity contribution is -0.864. The highest BCUT2D eigenvalue weighted by molar-refractivity contribution is 5.85. The summed E-state index contributed by atoms with van der Waals surface area (Å²) in [6.45, 7) is 2.36. The molecular formula is C8H16NO2+. The number of carboxylic acids is 1. The van der Waals surface area contributed by atoms with Crippen LogP contribution in [0.15, 0.2) is 11.6 Å². The van der Waals surface area contributed by atoms with Gasteiger partial charge in [0, 0.05) is 5.57 Å². The smallest absolute Gasteiger partial charge is 0.331 e. The van der Waals surface area contributed by atoms with Crippen LogP contribution < -0.4 is 0 Å². The monoisotopic (exact) mass is 158 g/mol. The van der Waals surface area contributed by atoms with Gasteiger partial charge in [-0.3, -0.25) is 0 Å². The largest absolute Gasteiger partial charge is 0.478 e. The summed E-state index contributed by atoms with van der Waals surface area (Å²) < 4.78 is 0.755. The average molecular weight is 158 g/mol. The first-order valence-corrected chi connectivity index (χ1v) is 3.53. The Bertz CT molecular complexity index is 177. The minimum Gasteiger partial charge on any atom is -0.478 e. The van der Waals surface area contributed by atoms with E-state index in [4.69, 9.17) is 5.11 Å². The minimum absolute atomic E-state index is 0.415. The molecule has 64 valence electrons. The standard InChI is InChI=1S/C8H15NO2/c1-7(8(10)11)5-6-9(2,3)4/h5H,6H2,1-4H3/p+1. The van der Waals surface area contributed by atoms with E-state index in [0.717, 1.165) is 11.0 Å². The molecule has 3 heteroatoms. The molecule has 1 N–H and O–H groups in total. The van der Waals surface area contributed by atoms with Crippen LogP contribution in [-0.4, -0.2) is 43.2 Å². The van der Waals surface area contributed by atoms with Gasteiger partial charge in [0.1, 0.15) is 0 Å². The summed E-state index contributed by atoms with van der Waals surface area (Å²) in [6, 6.07) is 0. The van der Waals surface area contributed by atoms with E-state index in [1.807, 2.05) is 21.1 Å². The Balaban J connectivity index is 4.04. The fourth-order valence-electron chi connectivity index (χ4n) is 0.498. The Labute approximate surface area is 67.5 Å². The quantitative estimate of drug-likeness (QED) is 0.485. The molecule has 0 fully saturated rings. The van der Waals surface area contributed by atoms with Gasteiger partial charge in [0.25, 0.3) is 0 Å². The van der Waals surface area contributed by atoms with Crippen LogP contribution in [-0.2, 0) is 4.79 Å². The Hall–Kier alpha value is -0.830. The lowest BCUT2D eigenvalue weighted by atomic mass is 10.3. The van der Waals surface area contributed by atoms with Gasteiger partial charge in [-0.25, -0.2) is 4.79 Å². The molecule has 11 heavy (non-hydrogen) atoms. The third-order valence-electron chi connectivity index (χ3n) is 1.28. The van der Waals surface area contributed by atoms with Crippen molar-refractivity contribution in [3.8, 4) is 0 Å². The molecule has 0 aromatic rings. The van der Waals surface area contributed by atoms with E-state index in [0.29, 0.717) is 5.57 Å². The van der Waals surface area contributed by atoms with E-state index in [2.05, 4.69) is 0 Å². The van der Waals surface area contributed by atoms with Crippen molar-refractivity contribution in [2.24, 2.45) is 0 Å². The fraction of sp³-hybridized carbons (Fsp3) is 0.625. The zero-order chi connectivity index (χ0) is 9.07. The van der Waals surface area contributed by atoms with Gasteiger partial charge in [0.05, 0.1) is 27.7 Å². The van der Waals surface area contributed by atoms with Crippen molar-refractivity contribution >= 4 is 5.97 Å². The highest BCUT2D eigenvalue weighted by Gasteiger charge is 2.05. The van der Waals surface area contributed by atoms with Crippen molar-refractivity contribution in [3.63, 3.8) is 0 Å². The van der Waals surface area contributed by atoms with E-state index in [1.165, 1.54) is 0 Å². The predicted octanol–water partition coefficient (Wildman–Crippen LogP) is 0.723. The number of carbonyl (C=O) groups is 1. The van der Waals surface area contributed by atoms with Gasteiger partial charge in [0.2, 0.25) is 0 Å². The summed E-state index contributed by atoms with van der Waals surface area (Å²) in [5, 5.41) is 8.50. The van der Waals surface area contributed by atoms with Gasteiger partial charge >= 0.3 is 5.97 Å². The number of rotatable bonds is 3. The van der Waals surface area contributed by atoms with Crippen LogP contribution in [0.4, 0.5) is 0 Å². The highest BCUT2D eigenvalue weighted by Crippen LogP contribution is 1.96. The van der Waals surface area contributed by atoms with Gasteiger partial charge in [-0.1, -0.05) is 0 Å². The first-order valence-electron chi connectivity index (χ1n) is 3.53. The van der Waals surface area contributed by atoms with E-state index >= 15 is 0 Å². The molecule has 0 atom stereocenters. The van der Waals surface area contributed by atoms with Crippen LogP contribution in [0.5, 0.6) is 0 Å². The Morgan fingerprint density at radius 2 is 1.91 bits per heavy atom. The molecule has 3 nitrogen and oxygen atoms in total. The number of hydrogen-bond donors (Lipinski definition) is 1. The van der Waals surface area contributed by atoms with Gasteiger partial charge in [-0.15, -0.1) is 0 Å². The summed E-state index contributed by atoms with van der Waals surface area (Å²) in [4.78, 5) is 10.3. The molecule has 0 saturated carbocycles. The molecule has 0 radical (unpaired) electrons. The summed E-state index contributed by atoms with van der Waals surface area (Å²) in [5.74, 6) is -0.835. The molecule has 0 aliphatic rings. The molecule has 0 rings (SSSR count). The topological polar surface area (TPSA) is 37.3 Å². The minimum atomic E-state index is -0.835. The van der Waals surface area contributed by atoms with Crippen LogP contribution in [0.25, 0.3) is 0 Å². The summed E-state index contributed by atoms with van der Waals surface area (Å²) in [7, 11) is 6.06. The van der Waals surface area contributed by atoms with E-state index < -0.39 is 5.97 Å². The van der Waals surface area contributed by atoms with Crippen LogP contribution in [0.1, 0.15) is 6.92 Å². The Kier molecular flexibility index (Phi) is 3.26. The first kappa shape index (κ1) is 10.2. The fourth-order valence-corrected chi connectivity index (χ4v) is 0.498. The van der Waals surface area contributed by atoms with Gasteiger partial charge in [-0.2, -0.15) is 0 Å². The third-order valence-corrected chi connectivity index (χ3v) is 1.28.